The number of nitrogens with one attached hydrogen (secondary N) is 1. The minimum absolute atomic E-state index is 0.00993. The van der Waals surface area contributed by atoms with Crippen molar-refractivity contribution in [2.75, 3.05) is 31.9 Å². The zero-order chi connectivity index (χ0) is 34.5. The van der Waals surface area contributed by atoms with Gasteiger partial charge in [0.25, 0.3) is 0 Å². The van der Waals surface area contributed by atoms with Crippen LogP contribution in [0.5, 0.6) is 0 Å². The van der Waals surface area contributed by atoms with Crippen LogP contribution < -0.4 is 11.1 Å². The molecule has 5 atom stereocenters. The Bertz CT molecular complexity index is 1520. The van der Waals surface area contributed by atoms with E-state index in [0.29, 0.717) is 11.3 Å². The van der Waals surface area contributed by atoms with Gasteiger partial charge >= 0.3 is 6.09 Å². The number of ether oxygens (including phenoxy) is 3. The average Bonchev–Trinajstić information content (AvgIpc) is 3.16. The van der Waals surface area contributed by atoms with Gasteiger partial charge in [-0.2, -0.15) is 4.31 Å². The van der Waals surface area contributed by atoms with Crippen LogP contribution in [0.2, 0.25) is 0 Å². The average molecular weight is 556 g/mol. The number of hydrogen-bond donors (Lipinski definition) is 3. The molecule has 4 rings (SSSR count). The van der Waals surface area contributed by atoms with Gasteiger partial charge in [-0.1, -0.05) is 44.2 Å². The van der Waals surface area contributed by atoms with E-state index in [1.54, 1.807) is 44.2 Å². The highest BCUT2D eigenvalue weighted by molar-refractivity contribution is 7.89. The molecule has 2 aromatic carbocycles. The fourth-order valence-corrected chi connectivity index (χ4v) is 5.60. The Morgan fingerprint density at radius 2 is 1.92 bits per heavy atom. The van der Waals surface area contributed by atoms with E-state index in [1.165, 1.54) is 24.3 Å². The van der Waals surface area contributed by atoms with Gasteiger partial charge in [0.05, 0.1) is 44.3 Å². The predicted molar refractivity (Wildman–Crippen MR) is 142 cm³/mol. The first kappa shape index (κ1) is 19.4. The van der Waals surface area contributed by atoms with Crippen molar-refractivity contribution in [3.05, 3.63) is 60.2 Å². The van der Waals surface area contributed by atoms with Gasteiger partial charge < -0.3 is 30.4 Å². The molecular weight excluding hydrogens is 510 g/mol. The number of aliphatic hydroxyl groups excluding tert-OH is 1. The Morgan fingerprint density at radius 1 is 1.21 bits per heavy atom. The number of rotatable bonds is 11. The van der Waals surface area contributed by atoms with Gasteiger partial charge in [0.2, 0.25) is 10.0 Å². The van der Waals surface area contributed by atoms with Crippen molar-refractivity contribution in [1.29, 1.82) is 0 Å². The van der Waals surface area contributed by atoms with Crippen LogP contribution >= 0.6 is 0 Å². The minimum atomic E-state index is -4.16. The number of nitrogen functional groups attached to an aromatic ring is 1. The summed E-state index contributed by atoms with van der Waals surface area (Å²) in [6, 6.07) is 12.7. The zero-order valence-electron chi connectivity index (χ0n) is 29.0. The molecule has 1 amide bonds. The van der Waals surface area contributed by atoms with E-state index in [-0.39, 0.29) is 23.8 Å². The van der Waals surface area contributed by atoms with Gasteiger partial charge in [0.1, 0.15) is 6.08 Å². The molecule has 11 heteroatoms. The monoisotopic (exact) mass is 555 g/mol. The molecule has 0 aromatic heterocycles. The number of benzene rings is 2. The summed E-state index contributed by atoms with van der Waals surface area (Å²) >= 11 is 0. The van der Waals surface area contributed by atoms with Crippen LogP contribution in [0.25, 0.3) is 0 Å². The van der Waals surface area contributed by atoms with Crippen molar-refractivity contribution in [3.63, 3.8) is 0 Å². The number of sulfonamides is 1. The first-order chi connectivity index (χ1) is 21.1. The largest absolute Gasteiger partial charge is 0.443 e. The maximum atomic E-state index is 13.6. The molecule has 4 N–H and O–H groups in total. The molecule has 0 bridgehead atoms. The minimum Gasteiger partial charge on any atom is -0.443 e. The number of carbonyl (C=O) groups excluding carboxylic acids is 1. The second-order valence-corrected chi connectivity index (χ2v) is 11.3. The highest BCUT2D eigenvalue weighted by Gasteiger charge is 2.44. The van der Waals surface area contributed by atoms with Crippen molar-refractivity contribution in [3.8, 4) is 0 Å². The maximum absolute atomic E-state index is 13.6. The number of hydrogen-bond acceptors (Lipinski definition) is 8. The van der Waals surface area contributed by atoms with E-state index in [0.717, 1.165) is 4.31 Å². The summed E-state index contributed by atoms with van der Waals surface area (Å²) in [6.45, 7) is -3.50. The summed E-state index contributed by atoms with van der Waals surface area (Å²) in [5.74, 6) is -2.59. The Kier molecular flexibility index (Phi) is 6.34. The van der Waals surface area contributed by atoms with E-state index < -0.39 is 72.6 Å². The second-order valence-electron chi connectivity index (χ2n) is 9.35. The van der Waals surface area contributed by atoms with E-state index >= 15 is 0 Å². The standard InChI is InChI=1S/C27H37N3O7S/c1-18(2)15-30(38(33,34)21-10-8-20(28)9-11-21)16-24(31)23(14-19-6-4-3-5-7-19)29-27(32)37-25-17-36-26-22(25)12-13-35-26/h3-11,18,22-26,31H,12-17,28H2,1-2H3,(H,29,32)/t22-,23-,24+,25-,26+/m0/s1/i12D2,13D2,17D2,25D,26D. The number of fused-ring (bicyclic) bond motifs is 1. The lowest BCUT2D eigenvalue weighted by Gasteiger charge is -2.31. The SMILES string of the molecule is [2H]C1([2H])O[C@]2([2H])OC([2H])([2H])[C@]([2H])(OC(=O)N[C@@H](Cc3ccccc3)[C@H](O)CN(CC(C)C)S(=O)(=O)c3ccc(N)cc3)[C@@H]2C1([2H])[2H]. The first-order valence-corrected chi connectivity index (χ1v) is 13.5. The van der Waals surface area contributed by atoms with Crippen LogP contribution in [-0.4, -0.2) is 74.6 Å². The van der Waals surface area contributed by atoms with Crippen LogP contribution in [0, 0.1) is 11.8 Å². The van der Waals surface area contributed by atoms with Crippen molar-refractivity contribution >= 4 is 21.8 Å². The highest BCUT2D eigenvalue weighted by atomic mass is 32.2. The fourth-order valence-electron chi connectivity index (χ4n) is 3.98. The van der Waals surface area contributed by atoms with Crippen molar-refractivity contribution in [2.45, 2.75) is 56.0 Å². The van der Waals surface area contributed by atoms with Crippen molar-refractivity contribution < 1.29 is 43.5 Å². The number of carbonyl (C=O) groups is 1. The summed E-state index contributed by atoms with van der Waals surface area (Å²) in [5.41, 5.74) is 6.66. The lowest BCUT2D eigenvalue weighted by atomic mass is 10.0. The maximum Gasteiger partial charge on any atom is 0.407 e. The normalized spacial score (nSPS) is 33.8. The van der Waals surface area contributed by atoms with E-state index in [1.807, 2.05) is 0 Å². The molecule has 2 aromatic rings. The Morgan fingerprint density at radius 3 is 2.61 bits per heavy atom. The third-order valence-electron chi connectivity index (χ3n) is 5.85. The molecular formula is C27H37N3O7S. The lowest BCUT2D eigenvalue weighted by molar-refractivity contribution is -0.0907. The van der Waals surface area contributed by atoms with E-state index in [2.05, 4.69) is 5.32 Å². The molecule has 0 saturated carbocycles. The molecule has 2 fully saturated rings. The number of aliphatic hydroxyl groups is 1. The van der Waals surface area contributed by atoms with E-state index in [4.69, 9.17) is 30.9 Å². The molecule has 2 aliphatic heterocycles. The molecule has 0 spiro atoms. The van der Waals surface area contributed by atoms with Gasteiger partial charge in [0.15, 0.2) is 6.27 Å². The van der Waals surface area contributed by atoms with Gasteiger partial charge in [-0.15, -0.1) is 0 Å². The fraction of sp³-hybridized carbons (Fsp3) is 0.519. The van der Waals surface area contributed by atoms with Crippen molar-refractivity contribution in [2.24, 2.45) is 11.8 Å². The molecule has 10 nitrogen and oxygen atoms in total. The summed E-state index contributed by atoms with van der Waals surface area (Å²) in [5, 5.41) is 13.8. The number of nitrogens with zero attached hydrogens (tertiary/aromatic N) is 1. The molecule has 2 saturated heterocycles. The zero-order valence-corrected chi connectivity index (χ0v) is 21.8. The van der Waals surface area contributed by atoms with Gasteiger partial charge in [-0.25, -0.2) is 13.2 Å². The van der Waals surface area contributed by atoms with Crippen molar-refractivity contribution in [1.82, 2.24) is 9.62 Å². The molecule has 0 radical (unpaired) electrons. The Labute approximate surface area is 235 Å². The molecule has 2 aliphatic rings. The summed E-state index contributed by atoms with van der Waals surface area (Å²) in [4.78, 5) is 13.3. The molecule has 38 heavy (non-hydrogen) atoms. The molecule has 2 heterocycles. The second kappa shape index (κ2) is 12.4. The summed E-state index contributed by atoms with van der Waals surface area (Å²) < 4.78 is 108. The van der Waals surface area contributed by atoms with Crippen LogP contribution in [0.15, 0.2) is 59.5 Å². The lowest BCUT2D eigenvalue weighted by Crippen LogP contribution is -2.51. The number of alkyl carbamates (subject to hydrolysis) is 1. The van der Waals surface area contributed by atoms with E-state index in [9.17, 15) is 18.3 Å². The molecule has 0 unspecified atom stereocenters. The Balaban J connectivity index is 1.63. The summed E-state index contributed by atoms with van der Waals surface area (Å²) in [7, 11) is -4.16. The predicted octanol–water partition coefficient (Wildman–Crippen LogP) is 2.38. The smallest absolute Gasteiger partial charge is 0.407 e. The van der Waals surface area contributed by atoms with Crippen LogP contribution in [0.4, 0.5) is 10.5 Å². The third kappa shape index (κ3) is 7.03. The number of anilines is 1. The third-order valence-corrected chi connectivity index (χ3v) is 7.70. The number of nitrogens with two attached hydrogens (primary N) is 1. The van der Waals surface area contributed by atoms with Gasteiger partial charge in [0, 0.05) is 21.5 Å². The Hall–Kier alpha value is -2.70. The molecule has 208 valence electrons. The quantitative estimate of drug-likeness (QED) is 0.359. The van der Waals surface area contributed by atoms with Gasteiger partial charge in [-0.05, 0) is 48.5 Å². The summed E-state index contributed by atoms with van der Waals surface area (Å²) in [6.07, 6.45) is -12.8. The topological polar surface area (TPSA) is 140 Å². The first-order valence-electron chi connectivity index (χ1n) is 16.0. The van der Waals surface area contributed by atoms with Gasteiger partial charge in [-0.3, -0.25) is 0 Å². The number of amides is 1. The highest BCUT2D eigenvalue weighted by Crippen LogP contribution is 2.33. The van der Waals surface area contributed by atoms with Crippen LogP contribution in [-0.2, 0) is 30.7 Å². The van der Waals surface area contributed by atoms with Crippen LogP contribution in [0.3, 0.4) is 0 Å². The molecule has 0 aliphatic carbocycles. The van der Waals surface area contributed by atoms with Crippen LogP contribution in [0.1, 0.15) is 36.7 Å².